The smallest absolute Gasteiger partial charge is 0.354 e. The number of hydrogen-bond donors (Lipinski definition) is 1. The first-order valence-corrected chi connectivity index (χ1v) is 10.8. The lowest BCUT2D eigenvalue weighted by atomic mass is 9.93. The fourth-order valence-corrected chi connectivity index (χ4v) is 4.50. The Balaban J connectivity index is 1.44. The van der Waals surface area contributed by atoms with Crippen LogP contribution in [0.5, 0.6) is 0 Å². The number of halogens is 3. The maximum absolute atomic E-state index is 12.6. The fraction of sp³-hybridized carbons (Fsp3) is 0.524. The number of alkyl halides is 3. The van der Waals surface area contributed by atoms with Gasteiger partial charge in [-0.05, 0) is 56.0 Å². The lowest BCUT2D eigenvalue weighted by Crippen LogP contribution is -2.35. The van der Waals surface area contributed by atoms with Crippen molar-refractivity contribution < 1.29 is 18.0 Å². The summed E-state index contributed by atoms with van der Waals surface area (Å²) in [6.07, 6.45) is 0.892. The molecule has 164 valence electrons. The van der Waals surface area contributed by atoms with Gasteiger partial charge in [0.2, 0.25) is 5.91 Å². The van der Waals surface area contributed by atoms with E-state index in [9.17, 15) is 18.0 Å². The average molecular weight is 441 g/mol. The molecule has 1 aromatic carbocycles. The van der Waals surface area contributed by atoms with Crippen LogP contribution in [0.4, 0.5) is 24.0 Å². The lowest BCUT2D eigenvalue weighted by molar-refractivity contribution is -0.137. The molecule has 1 aliphatic rings. The van der Waals surface area contributed by atoms with Crippen LogP contribution in [0.1, 0.15) is 36.1 Å². The Bertz CT molecular complexity index is 836. The number of carbonyl (C=O) groups excluding carboxylic acids is 1. The molecule has 1 atom stereocenters. The van der Waals surface area contributed by atoms with Crippen LogP contribution in [0, 0.1) is 5.92 Å². The van der Waals surface area contributed by atoms with Gasteiger partial charge in [-0.3, -0.25) is 9.69 Å². The molecule has 1 fully saturated rings. The molecule has 1 aliphatic heterocycles. The van der Waals surface area contributed by atoms with Crippen molar-refractivity contribution in [2.45, 2.75) is 38.4 Å². The molecule has 1 saturated heterocycles. The molecule has 5 nitrogen and oxygen atoms in total. The molecular formula is C21H27F3N4OS. The van der Waals surface area contributed by atoms with Crippen molar-refractivity contribution in [1.29, 1.82) is 0 Å². The molecule has 0 spiro atoms. The van der Waals surface area contributed by atoms with Crippen molar-refractivity contribution >= 4 is 28.1 Å². The molecule has 2 aromatic rings. The zero-order valence-electron chi connectivity index (χ0n) is 17.2. The van der Waals surface area contributed by atoms with Gasteiger partial charge in [-0.25, -0.2) is 4.98 Å². The molecule has 1 aromatic heterocycles. The maximum Gasteiger partial charge on any atom is 0.416 e. The summed E-state index contributed by atoms with van der Waals surface area (Å²) in [7, 11) is 3.96. The Morgan fingerprint density at radius 1 is 1.30 bits per heavy atom. The predicted molar refractivity (Wildman–Crippen MR) is 114 cm³/mol. The molecule has 1 amide bonds. The first-order valence-electron chi connectivity index (χ1n) is 10.0. The number of benzene rings is 1. The topological polar surface area (TPSA) is 48.5 Å². The van der Waals surface area contributed by atoms with Crippen LogP contribution in [-0.4, -0.2) is 43.0 Å². The molecule has 0 radical (unpaired) electrons. The molecule has 3 rings (SSSR count). The third-order valence-corrected chi connectivity index (χ3v) is 6.33. The van der Waals surface area contributed by atoms with Gasteiger partial charge in [-0.2, -0.15) is 13.2 Å². The minimum absolute atomic E-state index is 0.162. The molecule has 1 unspecified atom stereocenters. The summed E-state index contributed by atoms with van der Waals surface area (Å²) >= 11 is 1.70. The fourth-order valence-electron chi connectivity index (χ4n) is 3.63. The van der Waals surface area contributed by atoms with E-state index in [0.717, 1.165) is 56.2 Å². The lowest BCUT2D eigenvalue weighted by Gasteiger charge is -2.32. The van der Waals surface area contributed by atoms with E-state index in [0.29, 0.717) is 18.0 Å². The van der Waals surface area contributed by atoms with Gasteiger partial charge in [0.25, 0.3) is 0 Å². The minimum atomic E-state index is -4.37. The van der Waals surface area contributed by atoms with E-state index in [1.165, 1.54) is 17.0 Å². The predicted octanol–water partition coefficient (Wildman–Crippen LogP) is 4.86. The van der Waals surface area contributed by atoms with Crippen LogP contribution in [-0.2, 0) is 17.5 Å². The highest BCUT2D eigenvalue weighted by atomic mass is 32.1. The molecule has 9 heteroatoms. The normalized spacial score (nSPS) is 17.7. The summed E-state index contributed by atoms with van der Waals surface area (Å²) in [4.78, 5) is 22.3. The summed E-state index contributed by atoms with van der Waals surface area (Å²) in [5, 5.41) is 3.69. The van der Waals surface area contributed by atoms with Crippen LogP contribution >= 0.6 is 11.3 Å². The Kier molecular flexibility index (Phi) is 7.36. The second-order valence-corrected chi connectivity index (χ2v) is 9.00. The molecular weight excluding hydrogens is 413 g/mol. The van der Waals surface area contributed by atoms with Crippen LogP contribution < -0.4 is 10.2 Å². The number of piperidine rings is 1. The number of hydrogen-bond acceptors (Lipinski definition) is 5. The number of carbonyl (C=O) groups is 1. The largest absolute Gasteiger partial charge is 0.416 e. The first kappa shape index (κ1) is 22.6. The van der Waals surface area contributed by atoms with Gasteiger partial charge in [-0.15, -0.1) is 11.3 Å². The van der Waals surface area contributed by atoms with Crippen molar-refractivity contribution in [3.8, 4) is 0 Å². The standard InChI is InChI=1S/C21H27F3N4OS/c1-27(2)20-25-12-18(30-20)14-28-11-3-4-15(13-28)5-10-19(29)26-17-8-6-16(7-9-17)21(22,23)24/h6-9,12,15H,3-5,10-11,13-14H2,1-2H3,(H,26,29). The summed E-state index contributed by atoms with van der Waals surface area (Å²) in [5.74, 6) is 0.281. The number of nitrogens with one attached hydrogen (secondary N) is 1. The number of thiazole rings is 1. The molecule has 0 bridgehead atoms. The second kappa shape index (κ2) is 9.78. The molecule has 2 heterocycles. The van der Waals surface area contributed by atoms with Crippen molar-refractivity contribution in [1.82, 2.24) is 9.88 Å². The monoisotopic (exact) mass is 440 g/mol. The van der Waals surface area contributed by atoms with Gasteiger partial charge in [0.15, 0.2) is 5.13 Å². The number of likely N-dealkylation sites (tertiary alicyclic amines) is 1. The zero-order valence-corrected chi connectivity index (χ0v) is 18.0. The highest BCUT2D eigenvalue weighted by Gasteiger charge is 2.30. The maximum atomic E-state index is 12.6. The quantitative estimate of drug-likeness (QED) is 0.668. The summed E-state index contributed by atoms with van der Waals surface area (Å²) in [6, 6.07) is 4.55. The summed E-state index contributed by atoms with van der Waals surface area (Å²) < 4.78 is 37.9. The highest BCUT2D eigenvalue weighted by molar-refractivity contribution is 7.15. The Morgan fingerprint density at radius 2 is 2.03 bits per heavy atom. The Hall–Kier alpha value is -2.13. The van der Waals surface area contributed by atoms with E-state index in [2.05, 4.69) is 15.2 Å². The van der Waals surface area contributed by atoms with Gasteiger partial charge < -0.3 is 10.2 Å². The highest BCUT2D eigenvalue weighted by Crippen LogP contribution is 2.30. The molecule has 1 N–H and O–H groups in total. The minimum Gasteiger partial charge on any atom is -0.354 e. The van der Waals surface area contributed by atoms with E-state index in [1.807, 2.05) is 25.2 Å². The third kappa shape index (κ3) is 6.43. The van der Waals surface area contributed by atoms with Crippen molar-refractivity contribution in [3.05, 3.63) is 40.9 Å². The summed E-state index contributed by atoms with van der Waals surface area (Å²) in [6.45, 7) is 2.87. The number of amides is 1. The van der Waals surface area contributed by atoms with Gasteiger partial charge in [0, 0.05) is 50.4 Å². The third-order valence-electron chi connectivity index (χ3n) is 5.18. The van der Waals surface area contributed by atoms with E-state index in [-0.39, 0.29) is 5.91 Å². The van der Waals surface area contributed by atoms with E-state index in [1.54, 1.807) is 11.3 Å². The molecule has 30 heavy (non-hydrogen) atoms. The Labute approximate surface area is 178 Å². The summed E-state index contributed by atoms with van der Waals surface area (Å²) in [5.41, 5.74) is -0.332. The van der Waals surface area contributed by atoms with Gasteiger partial charge in [0.1, 0.15) is 0 Å². The van der Waals surface area contributed by atoms with Gasteiger partial charge in [0.05, 0.1) is 5.56 Å². The Morgan fingerprint density at radius 3 is 2.67 bits per heavy atom. The van der Waals surface area contributed by atoms with Gasteiger partial charge >= 0.3 is 6.18 Å². The van der Waals surface area contributed by atoms with Gasteiger partial charge in [-0.1, -0.05) is 0 Å². The number of nitrogens with zero attached hydrogens (tertiary/aromatic N) is 3. The molecule has 0 saturated carbocycles. The number of aromatic nitrogens is 1. The van der Waals surface area contributed by atoms with Crippen LogP contribution in [0.2, 0.25) is 0 Å². The number of rotatable bonds is 7. The van der Waals surface area contributed by atoms with Crippen molar-refractivity contribution in [3.63, 3.8) is 0 Å². The average Bonchev–Trinajstić information content (AvgIpc) is 3.15. The van der Waals surface area contributed by atoms with E-state index < -0.39 is 11.7 Å². The zero-order chi connectivity index (χ0) is 21.7. The molecule has 0 aliphatic carbocycles. The van der Waals surface area contributed by atoms with E-state index >= 15 is 0 Å². The first-order chi connectivity index (χ1) is 14.2. The van der Waals surface area contributed by atoms with E-state index in [4.69, 9.17) is 0 Å². The SMILES string of the molecule is CN(C)c1ncc(CN2CCCC(CCC(=O)Nc3ccc(C(F)(F)F)cc3)C2)s1. The van der Waals surface area contributed by atoms with Crippen LogP contribution in [0.3, 0.4) is 0 Å². The number of anilines is 2. The second-order valence-electron chi connectivity index (χ2n) is 7.91. The van der Waals surface area contributed by atoms with Crippen LogP contribution in [0.25, 0.3) is 0 Å². The van der Waals surface area contributed by atoms with Crippen molar-refractivity contribution in [2.75, 3.05) is 37.4 Å². The van der Waals surface area contributed by atoms with Crippen LogP contribution in [0.15, 0.2) is 30.5 Å². The van der Waals surface area contributed by atoms with Crippen molar-refractivity contribution in [2.24, 2.45) is 5.92 Å².